The van der Waals surface area contributed by atoms with Gasteiger partial charge in [0, 0.05) is 0 Å². The monoisotopic (exact) mass is 468 g/mol. The lowest BCUT2D eigenvalue weighted by atomic mass is 9.94. The standard InChI is InChI=1S/C29H24O6/c1-19(21-8-16-27(17-9-21)35-29(33)23-6-12-25(31)13-7-23)18-20-2-14-26(15-3-20)34-28(32)22-4-10-24(30)11-5-22/h2-17,19,30-31H,18H2,1H3. The number of carbonyl (C=O) groups excluding carboxylic acids is 2. The number of aromatic hydroxyl groups is 2. The van der Waals surface area contributed by atoms with Crippen molar-refractivity contribution in [2.75, 3.05) is 0 Å². The molecule has 0 aliphatic carbocycles. The van der Waals surface area contributed by atoms with Gasteiger partial charge in [-0.1, -0.05) is 31.2 Å². The molecule has 6 heteroatoms. The first-order chi connectivity index (χ1) is 16.9. The summed E-state index contributed by atoms with van der Waals surface area (Å²) in [7, 11) is 0. The number of rotatable bonds is 7. The van der Waals surface area contributed by atoms with Crippen LogP contribution in [0.3, 0.4) is 0 Å². The summed E-state index contributed by atoms with van der Waals surface area (Å²) >= 11 is 0. The van der Waals surface area contributed by atoms with Crippen LogP contribution in [0.2, 0.25) is 0 Å². The quantitative estimate of drug-likeness (QED) is 0.260. The van der Waals surface area contributed by atoms with Crippen molar-refractivity contribution in [1.29, 1.82) is 0 Å². The number of hydrogen-bond acceptors (Lipinski definition) is 6. The Kier molecular flexibility index (Phi) is 7.12. The van der Waals surface area contributed by atoms with E-state index in [2.05, 4.69) is 6.92 Å². The Labute approximate surface area is 203 Å². The van der Waals surface area contributed by atoms with Gasteiger partial charge in [-0.2, -0.15) is 0 Å². The molecule has 0 amide bonds. The Bertz CT molecular complexity index is 1290. The van der Waals surface area contributed by atoms with Gasteiger partial charge in [-0.15, -0.1) is 0 Å². The number of ether oxygens (including phenoxy) is 2. The van der Waals surface area contributed by atoms with Crippen molar-refractivity contribution >= 4 is 11.9 Å². The predicted octanol–water partition coefficient (Wildman–Crippen LogP) is 5.88. The van der Waals surface area contributed by atoms with Gasteiger partial charge in [0.15, 0.2) is 0 Å². The zero-order chi connectivity index (χ0) is 24.8. The van der Waals surface area contributed by atoms with E-state index in [1.54, 1.807) is 24.3 Å². The number of hydrogen-bond donors (Lipinski definition) is 2. The summed E-state index contributed by atoms with van der Waals surface area (Å²) in [5.41, 5.74) is 2.90. The Morgan fingerprint density at radius 1 is 0.629 bits per heavy atom. The van der Waals surface area contributed by atoms with E-state index in [0.717, 1.165) is 17.5 Å². The van der Waals surface area contributed by atoms with Crippen LogP contribution in [-0.4, -0.2) is 22.2 Å². The highest BCUT2D eigenvalue weighted by molar-refractivity contribution is 5.91. The molecule has 4 aromatic carbocycles. The lowest BCUT2D eigenvalue weighted by Gasteiger charge is -2.13. The van der Waals surface area contributed by atoms with Crippen LogP contribution in [0.25, 0.3) is 0 Å². The molecule has 0 aliphatic heterocycles. The molecule has 176 valence electrons. The van der Waals surface area contributed by atoms with Crippen LogP contribution in [0.5, 0.6) is 23.0 Å². The molecule has 0 fully saturated rings. The van der Waals surface area contributed by atoms with Crippen molar-refractivity contribution in [3.05, 3.63) is 119 Å². The maximum absolute atomic E-state index is 12.2. The first-order valence-corrected chi connectivity index (χ1v) is 11.1. The summed E-state index contributed by atoms with van der Waals surface area (Å²) < 4.78 is 10.8. The van der Waals surface area contributed by atoms with E-state index in [1.807, 2.05) is 24.3 Å². The lowest BCUT2D eigenvalue weighted by molar-refractivity contribution is 0.0725. The molecule has 4 rings (SSSR count). The molecule has 0 bridgehead atoms. The minimum atomic E-state index is -0.489. The van der Waals surface area contributed by atoms with Crippen LogP contribution in [0.1, 0.15) is 44.7 Å². The molecule has 2 N–H and O–H groups in total. The van der Waals surface area contributed by atoms with E-state index in [0.29, 0.717) is 22.6 Å². The highest BCUT2D eigenvalue weighted by Crippen LogP contribution is 2.25. The average Bonchev–Trinajstić information content (AvgIpc) is 2.86. The van der Waals surface area contributed by atoms with E-state index < -0.39 is 11.9 Å². The normalized spacial score (nSPS) is 11.5. The first-order valence-electron chi connectivity index (χ1n) is 11.1. The SMILES string of the molecule is CC(Cc1ccc(OC(=O)c2ccc(O)cc2)cc1)c1ccc(OC(=O)c2ccc(O)cc2)cc1. The van der Waals surface area contributed by atoms with Gasteiger partial charge in [-0.05, 0) is 96.3 Å². The van der Waals surface area contributed by atoms with Crippen molar-refractivity contribution in [2.45, 2.75) is 19.3 Å². The van der Waals surface area contributed by atoms with Crippen LogP contribution in [0, 0.1) is 0 Å². The average molecular weight is 469 g/mol. The van der Waals surface area contributed by atoms with Crippen molar-refractivity contribution in [3.63, 3.8) is 0 Å². The molecule has 35 heavy (non-hydrogen) atoms. The summed E-state index contributed by atoms with van der Waals surface area (Å²) in [5.74, 6) is 0.295. The van der Waals surface area contributed by atoms with E-state index >= 15 is 0 Å². The van der Waals surface area contributed by atoms with Gasteiger partial charge in [0.2, 0.25) is 0 Å². The zero-order valence-corrected chi connectivity index (χ0v) is 19.0. The summed E-state index contributed by atoms with van der Waals surface area (Å²) in [4.78, 5) is 24.4. The topological polar surface area (TPSA) is 93.1 Å². The summed E-state index contributed by atoms with van der Waals surface area (Å²) in [6, 6.07) is 26.5. The van der Waals surface area contributed by atoms with Gasteiger partial charge >= 0.3 is 11.9 Å². The minimum Gasteiger partial charge on any atom is -0.508 e. The molecule has 0 aromatic heterocycles. The third-order valence-electron chi connectivity index (χ3n) is 5.54. The maximum atomic E-state index is 12.2. The summed E-state index contributed by atoms with van der Waals surface area (Å²) in [5, 5.41) is 18.7. The number of benzene rings is 4. The number of esters is 2. The molecule has 0 spiro atoms. The van der Waals surface area contributed by atoms with Crippen LogP contribution in [-0.2, 0) is 6.42 Å². The maximum Gasteiger partial charge on any atom is 0.343 e. The summed E-state index contributed by atoms with van der Waals surface area (Å²) in [6.07, 6.45) is 0.777. The predicted molar refractivity (Wildman–Crippen MR) is 131 cm³/mol. The number of phenolic OH excluding ortho intramolecular Hbond substituents is 2. The van der Waals surface area contributed by atoms with Gasteiger partial charge in [-0.3, -0.25) is 0 Å². The van der Waals surface area contributed by atoms with Gasteiger partial charge in [0.25, 0.3) is 0 Å². The number of phenols is 2. The third-order valence-corrected chi connectivity index (χ3v) is 5.54. The second kappa shape index (κ2) is 10.6. The molecule has 0 heterocycles. The first kappa shape index (κ1) is 23.6. The van der Waals surface area contributed by atoms with Crippen LogP contribution in [0.4, 0.5) is 0 Å². The molecule has 0 saturated carbocycles. The molecule has 0 aliphatic rings. The van der Waals surface area contributed by atoms with Crippen molar-refractivity contribution in [2.24, 2.45) is 0 Å². The van der Waals surface area contributed by atoms with Crippen molar-refractivity contribution in [3.8, 4) is 23.0 Å². The molecule has 4 aromatic rings. The number of carbonyl (C=O) groups is 2. The largest absolute Gasteiger partial charge is 0.508 e. The molecule has 0 radical (unpaired) electrons. The Morgan fingerprint density at radius 3 is 1.46 bits per heavy atom. The second-order valence-electron chi connectivity index (χ2n) is 8.19. The van der Waals surface area contributed by atoms with Crippen molar-refractivity contribution in [1.82, 2.24) is 0 Å². The Hall–Kier alpha value is -4.58. The highest BCUT2D eigenvalue weighted by atomic mass is 16.5. The van der Waals surface area contributed by atoms with Gasteiger partial charge in [0.05, 0.1) is 11.1 Å². The smallest absolute Gasteiger partial charge is 0.343 e. The van der Waals surface area contributed by atoms with Crippen LogP contribution in [0.15, 0.2) is 97.1 Å². The van der Waals surface area contributed by atoms with Crippen LogP contribution < -0.4 is 9.47 Å². The highest BCUT2D eigenvalue weighted by Gasteiger charge is 2.12. The summed E-state index contributed by atoms with van der Waals surface area (Å²) in [6.45, 7) is 2.11. The molecular formula is C29H24O6. The molecule has 1 unspecified atom stereocenters. The third kappa shape index (κ3) is 6.26. The molecule has 1 atom stereocenters. The van der Waals surface area contributed by atoms with Gasteiger partial charge in [-0.25, -0.2) is 9.59 Å². The van der Waals surface area contributed by atoms with Gasteiger partial charge < -0.3 is 19.7 Å². The van der Waals surface area contributed by atoms with E-state index in [-0.39, 0.29) is 17.4 Å². The van der Waals surface area contributed by atoms with E-state index in [9.17, 15) is 19.8 Å². The Morgan fingerprint density at radius 2 is 1.03 bits per heavy atom. The fourth-order valence-electron chi connectivity index (χ4n) is 3.56. The van der Waals surface area contributed by atoms with E-state index in [4.69, 9.17) is 9.47 Å². The fraction of sp³-hybridized carbons (Fsp3) is 0.103. The second-order valence-corrected chi connectivity index (χ2v) is 8.19. The Balaban J connectivity index is 1.32. The minimum absolute atomic E-state index is 0.0876. The lowest BCUT2D eigenvalue weighted by Crippen LogP contribution is -2.08. The molecule has 6 nitrogen and oxygen atoms in total. The fourth-order valence-corrected chi connectivity index (χ4v) is 3.56. The van der Waals surface area contributed by atoms with Gasteiger partial charge in [0.1, 0.15) is 23.0 Å². The van der Waals surface area contributed by atoms with Crippen LogP contribution >= 0.6 is 0 Å². The zero-order valence-electron chi connectivity index (χ0n) is 19.0. The molecule has 0 saturated heterocycles. The van der Waals surface area contributed by atoms with Crippen molar-refractivity contribution < 1.29 is 29.3 Å². The van der Waals surface area contributed by atoms with E-state index in [1.165, 1.54) is 48.5 Å². The molecular weight excluding hydrogens is 444 g/mol.